The van der Waals surface area contributed by atoms with Crippen molar-refractivity contribution in [3.8, 4) is 17.1 Å². The Balaban J connectivity index is 1.84. The summed E-state index contributed by atoms with van der Waals surface area (Å²) in [6, 6.07) is 23.0. The summed E-state index contributed by atoms with van der Waals surface area (Å²) in [5.41, 5.74) is 1.61. The number of halogens is 4. The van der Waals surface area contributed by atoms with Gasteiger partial charge in [0.1, 0.15) is 5.69 Å². The monoisotopic (exact) mass is 443 g/mol. The van der Waals surface area contributed by atoms with Gasteiger partial charge < -0.3 is 0 Å². The molecule has 0 aliphatic heterocycles. The molecule has 3 nitrogen and oxygen atoms in total. The molecule has 33 heavy (non-hydrogen) atoms. The van der Waals surface area contributed by atoms with E-state index in [0.29, 0.717) is 16.6 Å². The number of nitrogens with zero attached hydrogens (tertiary/aromatic N) is 3. The van der Waals surface area contributed by atoms with Crippen molar-refractivity contribution in [2.24, 2.45) is 0 Å². The number of rotatable bonds is 2. The minimum Gasteiger partial charge on any atom is -0.292 e. The fourth-order valence-electron chi connectivity index (χ4n) is 4.37. The van der Waals surface area contributed by atoms with Crippen LogP contribution in [0.1, 0.15) is 0 Å². The van der Waals surface area contributed by atoms with Gasteiger partial charge in [-0.05, 0) is 12.1 Å². The van der Waals surface area contributed by atoms with Crippen molar-refractivity contribution in [2.75, 3.05) is 0 Å². The van der Waals surface area contributed by atoms with Crippen molar-refractivity contribution >= 4 is 32.6 Å². The molecule has 2 aromatic heterocycles. The molecule has 0 aliphatic carbocycles. The van der Waals surface area contributed by atoms with Crippen LogP contribution in [0, 0.1) is 23.3 Å². The number of aromatic nitrogens is 3. The Morgan fingerprint density at radius 3 is 1.64 bits per heavy atom. The molecule has 0 saturated carbocycles. The second kappa shape index (κ2) is 7.13. The quantitative estimate of drug-likeness (QED) is 0.165. The summed E-state index contributed by atoms with van der Waals surface area (Å²) < 4.78 is 60.9. The Morgan fingerprint density at radius 2 is 1.03 bits per heavy atom. The molecule has 0 fully saturated rings. The van der Waals surface area contributed by atoms with Crippen molar-refractivity contribution in [3.63, 3.8) is 0 Å². The van der Waals surface area contributed by atoms with Crippen LogP contribution in [0.2, 0.25) is 0 Å². The minimum absolute atomic E-state index is 0.0783. The van der Waals surface area contributed by atoms with E-state index in [2.05, 4.69) is 10.2 Å². The van der Waals surface area contributed by atoms with E-state index in [1.54, 1.807) is 59.2 Å². The lowest BCUT2D eigenvalue weighted by Crippen LogP contribution is -2.08. The highest BCUT2D eigenvalue weighted by Gasteiger charge is 2.28. The summed E-state index contributed by atoms with van der Waals surface area (Å²) in [5, 5.41) is 9.11. The maximum Gasteiger partial charge on any atom is 0.198 e. The molecule has 6 aromatic rings. The summed E-state index contributed by atoms with van der Waals surface area (Å²) in [6.45, 7) is 0. The summed E-state index contributed by atoms with van der Waals surface area (Å²) in [5.74, 6) is -6.95. The van der Waals surface area contributed by atoms with Gasteiger partial charge >= 0.3 is 0 Å². The first kappa shape index (κ1) is 19.4. The highest BCUT2D eigenvalue weighted by atomic mass is 19.2. The topological polar surface area (TPSA) is 30.7 Å². The Kier molecular flexibility index (Phi) is 4.20. The van der Waals surface area contributed by atoms with Gasteiger partial charge in [-0.15, -0.1) is 10.2 Å². The molecule has 0 unspecified atom stereocenters. The maximum absolute atomic E-state index is 15.3. The van der Waals surface area contributed by atoms with Crippen LogP contribution < -0.4 is 0 Å². The SMILES string of the molecule is Fc1c(F)c(F)c2c(-n3c4ccccc4c4ccccc43)nnc(-c3ccccc3)c2c1F. The molecule has 0 atom stereocenters. The molecular weight excluding hydrogens is 430 g/mol. The van der Waals surface area contributed by atoms with Crippen LogP contribution in [0.5, 0.6) is 0 Å². The Bertz CT molecular complexity index is 1660. The number of benzene rings is 4. The second-order valence-electron chi connectivity index (χ2n) is 7.61. The van der Waals surface area contributed by atoms with E-state index in [0.717, 1.165) is 10.8 Å². The number of hydrogen-bond acceptors (Lipinski definition) is 2. The van der Waals surface area contributed by atoms with Crippen molar-refractivity contribution < 1.29 is 17.6 Å². The van der Waals surface area contributed by atoms with Crippen molar-refractivity contribution in [1.29, 1.82) is 0 Å². The summed E-state index contributed by atoms with van der Waals surface area (Å²) in [4.78, 5) is 0. The smallest absolute Gasteiger partial charge is 0.198 e. The average Bonchev–Trinajstić information content (AvgIpc) is 3.20. The molecule has 0 amide bonds. The van der Waals surface area contributed by atoms with Gasteiger partial charge in [0.15, 0.2) is 29.1 Å². The summed E-state index contributed by atoms with van der Waals surface area (Å²) >= 11 is 0. The van der Waals surface area contributed by atoms with Crippen molar-refractivity contribution in [1.82, 2.24) is 14.8 Å². The molecular formula is C26H13F4N3. The molecule has 0 radical (unpaired) electrons. The molecule has 2 heterocycles. The third-order valence-corrected chi connectivity index (χ3v) is 5.81. The zero-order chi connectivity index (χ0) is 22.7. The number of hydrogen-bond donors (Lipinski definition) is 0. The van der Waals surface area contributed by atoms with Gasteiger partial charge in [-0.2, -0.15) is 0 Å². The third kappa shape index (κ3) is 2.68. The standard InChI is InChI=1S/C26H13F4N3/c27-21-19-20(22(28)24(30)23(21)29)26(32-31-25(19)14-8-2-1-3-9-14)33-17-12-6-4-10-15(17)16-11-5-7-13-18(16)33/h1-13H. The highest BCUT2D eigenvalue weighted by molar-refractivity contribution is 6.10. The molecule has 0 spiro atoms. The third-order valence-electron chi connectivity index (χ3n) is 5.81. The highest BCUT2D eigenvalue weighted by Crippen LogP contribution is 2.39. The van der Waals surface area contributed by atoms with E-state index in [4.69, 9.17) is 0 Å². The molecule has 6 rings (SSSR count). The van der Waals surface area contributed by atoms with Gasteiger partial charge in [0, 0.05) is 16.3 Å². The lowest BCUT2D eigenvalue weighted by Gasteiger charge is -2.14. The van der Waals surface area contributed by atoms with Gasteiger partial charge in [-0.1, -0.05) is 66.7 Å². The van der Waals surface area contributed by atoms with Crippen LogP contribution in [0.15, 0.2) is 78.9 Å². The fourth-order valence-corrected chi connectivity index (χ4v) is 4.37. The lowest BCUT2D eigenvalue weighted by atomic mass is 10.0. The lowest BCUT2D eigenvalue weighted by molar-refractivity contribution is 0.417. The van der Waals surface area contributed by atoms with Gasteiger partial charge in [-0.3, -0.25) is 4.57 Å². The number of fused-ring (bicyclic) bond motifs is 4. The first-order valence-corrected chi connectivity index (χ1v) is 10.1. The van der Waals surface area contributed by atoms with E-state index in [9.17, 15) is 8.78 Å². The van der Waals surface area contributed by atoms with E-state index in [1.807, 2.05) is 24.3 Å². The van der Waals surface area contributed by atoms with E-state index in [-0.39, 0.29) is 11.5 Å². The van der Waals surface area contributed by atoms with Gasteiger partial charge in [0.2, 0.25) is 0 Å². The molecule has 0 N–H and O–H groups in total. The van der Waals surface area contributed by atoms with Gasteiger partial charge in [-0.25, -0.2) is 17.6 Å². The van der Waals surface area contributed by atoms with Gasteiger partial charge in [0.05, 0.1) is 21.8 Å². The van der Waals surface area contributed by atoms with Crippen LogP contribution in [-0.2, 0) is 0 Å². The van der Waals surface area contributed by atoms with E-state index in [1.165, 1.54) is 0 Å². The maximum atomic E-state index is 15.3. The molecule has 4 aromatic carbocycles. The summed E-state index contributed by atoms with van der Waals surface area (Å²) in [6.07, 6.45) is 0. The van der Waals surface area contributed by atoms with Crippen LogP contribution in [0.4, 0.5) is 17.6 Å². The molecule has 0 bridgehead atoms. The molecule has 0 saturated heterocycles. The van der Waals surface area contributed by atoms with Crippen molar-refractivity contribution in [3.05, 3.63) is 102 Å². The second-order valence-corrected chi connectivity index (χ2v) is 7.61. The number of para-hydroxylation sites is 2. The molecule has 160 valence electrons. The van der Waals surface area contributed by atoms with Crippen LogP contribution >= 0.6 is 0 Å². The van der Waals surface area contributed by atoms with E-state index < -0.39 is 34.0 Å². The fraction of sp³-hybridized carbons (Fsp3) is 0. The predicted molar refractivity (Wildman–Crippen MR) is 119 cm³/mol. The zero-order valence-corrected chi connectivity index (χ0v) is 16.9. The largest absolute Gasteiger partial charge is 0.292 e. The van der Waals surface area contributed by atoms with E-state index >= 15 is 8.78 Å². The Morgan fingerprint density at radius 1 is 0.515 bits per heavy atom. The minimum atomic E-state index is -1.89. The van der Waals surface area contributed by atoms with Gasteiger partial charge in [0.25, 0.3) is 0 Å². The first-order chi connectivity index (χ1) is 16.1. The van der Waals surface area contributed by atoms with Crippen LogP contribution in [0.3, 0.4) is 0 Å². The van der Waals surface area contributed by atoms with Crippen LogP contribution in [0.25, 0.3) is 49.7 Å². The molecule has 7 heteroatoms. The van der Waals surface area contributed by atoms with Crippen molar-refractivity contribution in [2.45, 2.75) is 0 Å². The Hall–Kier alpha value is -4.26. The Labute approximate surface area is 184 Å². The first-order valence-electron chi connectivity index (χ1n) is 10.1. The zero-order valence-electron chi connectivity index (χ0n) is 16.9. The summed E-state index contributed by atoms with van der Waals surface area (Å²) in [7, 11) is 0. The molecule has 0 aliphatic rings. The van der Waals surface area contributed by atoms with Crippen LogP contribution in [-0.4, -0.2) is 14.8 Å². The normalized spacial score (nSPS) is 11.6. The predicted octanol–water partition coefficient (Wildman–Crippen LogP) is 6.95. The average molecular weight is 443 g/mol.